The maximum Gasteiger partial charge on any atom is 0.323 e. The first-order valence-electron chi connectivity index (χ1n) is 8.00. The molecule has 2 aromatic carbocycles. The van der Waals surface area contributed by atoms with Gasteiger partial charge in [0.25, 0.3) is 0 Å². The van der Waals surface area contributed by atoms with Crippen LogP contribution in [-0.4, -0.2) is 13.1 Å². The van der Waals surface area contributed by atoms with Crippen molar-refractivity contribution in [3.63, 3.8) is 0 Å². The second kappa shape index (κ2) is 8.61. The van der Waals surface area contributed by atoms with Crippen molar-refractivity contribution in [1.82, 2.24) is 0 Å². The quantitative estimate of drug-likeness (QED) is 0.493. The van der Waals surface area contributed by atoms with Gasteiger partial charge in [0.2, 0.25) is 0 Å². The number of hydrogen-bond donors (Lipinski definition) is 2. The van der Waals surface area contributed by atoms with Crippen LogP contribution in [0.2, 0.25) is 9.36 Å². The van der Waals surface area contributed by atoms with Gasteiger partial charge in [-0.1, -0.05) is 35.3 Å². The fraction of sp³-hybridized carbons (Fsp3) is 0.105. The minimum Gasteiger partial charge on any atom is -0.369 e. The lowest BCUT2D eigenvalue weighted by Crippen LogP contribution is -2.20. The molecule has 3 rings (SSSR count). The highest BCUT2D eigenvalue weighted by Gasteiger charge is 2.11. The van der Waals surface area contributed by atoms with E-state index in [9.17, 15) is 9.18 Å². The maximum absolute atomic E-state index is 13.6. The van der Waals surface area contributed by atoms with E-state index in [1.165, 1.54) is 23.5 Å². The molecule has 0 aliphatic rings. The summed E-state index contributed by atoms with van der Waals surface area (Å²) in [7, 11) is 1.94. The largest absolute Gasteiger partial charge is 0.369 e. The molecule has 0 unspecified atom stereocenters. The van der Waals surface area contributed by atoms with Crippen LogP contribution in [0.5, 0.6) is 0 Å². The number of rotatable bonds is 5. The Morgan fingerprint density at radius 3 is 2.48 bits per heavy atom. The van der Waals surface area contributed by atoms with E-state index in [0.717, 1.165) is 14.9 Å². The molecule has 3 aromatic rings. The van der Waals surface area contributed by atoms with Gasteiger partial charge >= 0.3 is 6.03 Å². The van der Waals surface area contributed by atoms with E-state index in [4.69, 9.17) is 23.2 Å². The van der Waals surface area contributed by atoms with Gasteiger partial charge in [0, 0.05) is 17.6 Å². The van der Waals surface area contributed by atoms with Crippen molar-refractivity contribution in [2.45, 2.75) is 6.54 Å². The molecule has 0 spiro atoms. The van der Waals surface area contributed by atoms with Crippen LogP contribution < -0.4 is 15.5 Å². The van der Waals surface area contributed by atoms with Crippen molar-refractivity contribution in [2.24, 2.45) is 0 Å². The molecule has 2 N–H and O–H groups in total. The first-order chi connectivity index (χ1) is 12.9. The van der Waals surface area contributed by atoms with Crippen molar-refractivity contribution in [2.75, 3.05) is 22.6 Å². The average Bonchev–Trinajstić information content (AvgIpc) is 3.03. The number of para-hydroxylation sites is 1. The van der Waals surface area contributed by atoms with Crippen LogP contribution >= 0.6 is 34.5 Å². The number of hydrogen-bond acceptors (Lipinski definition) is 3. The van der Waals surface area contributed by atoms with Gasteiger partial charge < -0.3 is 15.5 Å². The predicted octanol–water partition coefficient (Wildman–Crippen LogP) is 6.47. The maximum atomic E-state index is 13.6. The van der Waals surface area contributed by atoms with Gasteiger partial charge in [-0.05, 0) is 42.5 Å². The third-order valence-corrected chi connectivity index (χ3v) is 5.31. The van der Waals surface area contributed by atoms with E-state index in [1.54, 1.807) is 24.3 Å². The molecule has 140 valence electrons. The lowest BCUT2D eigenvalue weighted by molar-refractivity contribution is 0.262. The highest BCUT2D eigenvalue weighted by molar-refractivity contribution is 7.16. The molecule has 0 atom stereocenters. The smallest absolute Gasteiger partial charge is 0.323 e. The Kier molecular flexibility index (Phi) is 6.21. The zero-order valence-electron chi connectivity index (χ0n) is 14.3. The summed E-state index contributed by atoms with van der Waals surface area (Å²) in [6.45, 7) is 0.689. The number of carbonyl (C=O) groups excluding carboxylic acids is 1. The number of thiophene rings is 1. The number of amides is 2. The van der Waals surface area contributed by atoms with Crippen molar-refractivity contribution in [3.05, 3.63) is 74.7 Å². The normalized spacial score (nSPS) is 10.5. The zero-order valence-corrected chi connectivity index (χ0v) is 16.6. The standard InChI is InChI=1S/C19H16Cl2FN3OS/c1-25(11-13-7-9-18(21)27-13)12-6-8-16(14(20)10-12)23-19(26)24-17-5-3-2-4-15(17)22/h2-10H,11H2,1H3,(H2,23,24,26). The van der Waals surface area contributed by atoms with Gasteiger partial charge in [0.1, 0.15) is 5.82 Å². The van der Waals surface area contributed by atoms with Crippen LogP contribution in [0, 0.1) is 5.82 Å². The monoisotopic (exact) mass is 423 g/mol. The number of nitrogens with zero attached hydrogens (tertiary/aromatic N) is 1. The molecule has 0 aliphatic carbocycles. The molecule has 0 bridgehead atoms. The molecule has 8 heteroatoms. The lowest BCUT2D eigenvalue weighted by Gasteiger charge is -2.19. The number of nitrogens with one attached hydrogen (secondary N) is 2. The van der Waals surface area contributed by atoms with E-state index in [1.807, 2.05) is 30.1 Å². The summed E-state index contributed by atoms with van der Waals surface area (Å²) in [5.41, 5.74) is 1.42. The van der Waals surface area contributed by atoms with Crippen LogP contribution in [0.25, 0.3) is 0 Å². The van der Waals surface area contributed by atoms with Crippen LogP contribution in [0.4, 0.5) is 26.2 Å². The van der Waals surface area contributed by atoms with Gasteiger partial charge in [-0.3, -0.25) is 0 Å². The summed E-state index contributed by atoms with van der Waals surface area (Å²) in [6, 6.07) is 14.5. The van der Waals surface area contributed by atoms with E-state index in [-0.39, 0.29) is 5.69 Å². The average molecular weight is 424 g/mol. The van der Waals surface area contributed by atoms with Crippen molar-refractivity contribution < 1.29 is 9.18 Å². The van der Waals surface area contributed by atoms with Gasteiger partial charge in [0.05, 0.1) is 27.3 Å². The molecule has 2 amide bonds. The lowest BCUT2D eigenvalue weighted by atomic mass is 10.2. The topological polar surface area (TPSA) is 44.4 Å². The van der Waals surface area contributed by atoms with Crippen molar-refractivity contribution >= 4 is 57.6 Å². The Morgan fingerprint density at radius 1 is 1.07 bits per heavy atom. The molecule has 0 aliphatic heterocycles. The Hall–Kier alpha value is -2.28. The summed E-state index contributed by atoms with van der Waals surface area (Å²) in [5, 5.41) is 5.46. The highest BCUT2D eigenvalue weighted by Crippen LogP contribution is 2.29. The first-order valence-corrected chi connectivity index (χ1v) is 9.57. The summed E-state index contributed by atoms with van der Waals surface area (Å²) < 4.78 is 14.4. The summed E-state index contributed by atoms with van der Waals surface area (Å²) in [6.07, 6.45) is 0. The van der Waals surface area contributed by atoms with E-state index in [0.29, 0.717) is 17.3 Å². The number of anilines is 3. The number of urea groups is 1. The number of carbonyl (C=O) groups is 1. The van der Waals surface area contributed by atoms with Crippen molar-refractivity contribution in [1.29, 1.82) is 0 Å². The SMILES string of the molecule is CN(Cc1ccc(Cl)s1)c1ccc(NC(=O)Nc2ccccc2F)c(Cl)c1. The number of benzene rings is 2. The van der Waals surface area contributed by atoms with Crippen LogP contribution in [0.1, 0.15) is 4.88 Å². The highest BCUT2D eigenvalue weighted by atomic mass is 35.5. The molecular formula is C19H16Cl2FN3OS. The third-order valence-electron chi connectivity index (χ3n) is 3.79. The fourth-order valence-corrected chi connectivity index (χ4v) is 3.81. The van der Waals surface area contributed by atoms with Crippen LogP contribution in [0.3, 0.4) is 0 Å². The molecule has 0 radical (unpaired) electrons. The minimum atomic E-state index is -0.573. The fourth-order valence-electron chi connectivity index (χ4n) is 2.44. The second-order valence-corrected chi connectivity index (χ2v) is 7.99. The Morgan fingerprint density at radius 2 is 1.81 bits per heavy atom. The molecule has 0 fully saturated rings. The van der Waals surface area contributed by atoms with E-state index < -0.39 is 11.8 Å². The number of halogens is 3. The summed E-state index contributed by atoms with van der Waals surface area (Å²) in [4.78, 5) is 15.2. The first kappa shape index (κ1) is 19.5. The Bertz CT molecular complexity index is 964. The molecule has 0 saturated heterocycles. The van der Waals surface area contributed by atoms with Crippen LogP contribution in [0.15, 0.2) is 54.6 Å². The Labute approximate surface area is 170 Å². The summed E-state index contributed by atoms with van der Waals surface area (Å²) in [5.74, 6) is -0.510. The van der Waals surface area contributed by atoms with Gasteiger partial charge in [-0.25, -0.2) is 9.18 Å². The molecule has 0 saturated carbocycles. The zero-order chi connectivity index (χ0) is 19.4. The second-order valence-electron chi connectivity index (χ2n) is 5.79. The Balaban J connectivity index is 1.65. The molecule has 1 aromatic heterocycles. The summed E-state index contributed by atoms with van der Waals surface area (Å²) >= 11 is 13.8. The van der Waals surface area contributed by atoms with Gasteiger partial charge in [-0.2, -0.15) is 0 Å². The minimum absolute atomic E-state index is 0.0945. The van der Waals surface area contributed by atoms with E-state index >= 15 is 0 Å². The third kappa shape index (κ3) is 5.13. The van der Waals surface area contributed by atoms with Crippen LogP contribution in [-0.2, 0) is 6.54 Å². The van der Waals surface area contributed by atoms with Crippen molar-refractivity contribution in [3.8, 4) is 0 Å². The molecule has 27 heavy (non-hydrogen) atoms. The molecule has 4 nitrogen and oxygen atoms in total. The van der Waals surface area contributed by atoms with E-state index in [2.05, 4.69) is 10.6 Å². The molecular weight excluding hydrogens is 408 g/mol. The molecule has 1 heterocycles. The van der Waals surface area contributed by atoms with Gasteiger partial charge in [-0.15, -0.1) is 11.3 Å². The predicted molar refractivity (Wildman–Crippen MR) is 112 cm³/mol. The van der Waals surface area contributed by atoms with Gasteiger partial charge in [0.15, 0.2) is 0 Å².